The molecule has 1 heterocycles. The second kappa shape index (κ2) is 5.02. The molecule has 0 aromatic heterocycles. The van der Waals surface area contributed by atoms with E-state index in [9.17, 15) is 0 Å². The van der Waals surface area contributed by atoms with E-state index in [0.29, 0.717) is 0 Å². The zero-order valence-electron chi connectivity index (χ0n) is 10.6. The first-order chi connectivity index (χ1) is 9.31. The van der Waals surface area contributed by atoms with E-state index >= 15 is 0 Å². The standard InChI is InChI=1S/C15H14N2O2/c1-11-3-2-4-13(7-11)17-16-9-12-5-6-14-15(8-12)19-10-18-14/h2-9,17H,10H2,1H3. The fourth-order valence-corrected chi connectivity index (χ4v) is 1.89. The smallest absolute Gasteiger partial charge is 0.231 e. The van der Waals surface area contributed by atoms with Gasteiger partial charge in [0.2, 0.25) is 6.79 Å². The molecule has 3 rings (SSSR count). The molecular formula is C15H14N2O2. The Morgan fingerprint density at radius 2 is 2.00 bits per heavy atom. The van der Waals surface area contributed by atoms with Crippen LogP contribution in [0.15, 0.2) is 47.6 Å². The largest absolute Gasteiger partial charge is 0.454 e. The topological polar surface area (TPSA) is 42.9 Å². The van der Waals surface area contributed by atoms with Crippen LogP contribution < -0.4 is 14.9 Å². The number of hydrogen-bond acceptors (Lipinski definition) is 4. The van der Waals surface area contributed by atoms with Gasteiger partial charge in [0.15, 0.2) is 11.5 Å². The predicted molar refractivity (Wildman–Crippen MR) is 75.0 cm³/mol. The van der Waals surface area contributed by atoms with Gasteiger partial charge in [-0.05, 0) is 48.4 Å². The summed E-state index contributed by atoms with van der Waals surface area (Å²) < 4.78 is 10.6. The lowest BCUT2D eigenvalue weighted by Crippen LogP contribution is -1.93. The van der Waals surface area contributed by atoms with Gasteiger partial charge in [-0.1, -0.05) is 12.1 Å². The highest BCUT2D eigenvalue weighted by molar-refractivity contribution is 5.81. The summed E-state index contributed by atoms with van der Waals surface area (Å²) in [5.41, 5.74) is 6.13. The first-order valence-electron chi connectivity index (χ1n) is 6.07. The first kappa shape index (κ1) is 11.6. The minimum absolute atomic E-state index is 0.289. The number of hydrogen-bond donors (Lipinski definition) is 1. The molecule has 0 fully saturated rings. The number of nitrogens with one attached hydrogen (secondary N) is 1. The normalized spacial score (nSPS) is 12.9. The van der Waals surface area contributed by atoms with Crippen molar-refractivity contribution in [3.05, 3.63) is 53.6 Å². The summed E-state index contributed by atoms with van der Waals surface area (Å²) >= 11 is 0. The second-order valence-electron chi connectivity index (χ2n) is 4.35. The summed E-state index contributed by atoms with van der Waals surface area (Å²) in [5, 5.41) is 4.21. The van der Waals surface area contributed by atoms with Crippen LogP contribution >= 0.6 is 0 Å². The lowest BCUT2D eigenvalue weighted by molar-refractivity contribution is 0.174. The zero-order valence-corrected chi connectivity index (χ0v) is 10.6. The summed E-state index contributed by atoms with van der Waals surface area (Å²) in [6.45, 7) is 2.34. The molecule has 0 unspecified atom stereocenters. The van der Waals surface area contributed by atoms with Crippen molar-refractivity contribution in [2.75, 3.05) is 12.2 Å². The predicted octanol–water partition coefficient (Wildman–Crippen LogP) is 3.17. The molecule has 2 aromatic rings. The minimum Gasteiger partial charge on any atom is -0.454 e. The number of aryl methyl sites for hydroxylation is 1. The van der Waals surface area contributed by atoms with Crippen molar-refractivity contribution in [3.8, 4) is 11.5 Å². The molecule has 1 aliphatic rings. The van der Waals surface area contributed by atoms with Gasteiger partial charge in [0.05, 0.1) is 11.9 Å². The van der Waals surface area contributed by atoms with Gasteiger partial charge in [-0.25, -0.2) is 0 Å². The number of rotatable bonds is 3. The monoisotopic (exact) mass is 254 g/mol. The number of nitrogens with zero attached hydrogens (tertiary/aromatic N) is 1. The summed E-state index contributed by atoms with van der Waals surface area (Å²) in [5.74, 6) is 1.54. The molecule has 4 heteroatoms. The van der Waals surface area contributed by atoms with Gasteiger partial charge in [-0.2, -0.15) is 5.10 Å². The molecule has 1 N–H and O–H groups in total. The Balaban J connectivity index is 1.69. The third-order valence-electron chi connectivity index (χ3n) is 2.82. The van der Waals surface area contributed by atoms with Gasteiger partial charge in [0.25, 0.3) is 0 Å². The maximum Gasteiger partial charge on any atom is 0.231 e. The van der Waals surface area contributed by atoms with E-state index in [1.165, 1.54) is 5.56 Å². The van der Waals surface area contributed by atoms with Crippen molar-refractivity contribution >= 4 is 11.9 Å². The van der Waals surface area contributed by atoms with Crippen molar-refractivity contribution in [2.45, 2.75) is 6.92 Å². The van der Waals surface area contributed by atoms with E-state index in [0.717, 1.165) is 22.7 Å². The van der Waals surface area contributed by atoms with Crippen LogP contribution in [0.5, 0.6) is 11.5 Å². The van der Waals surface area contributed by atoms with Crippen LogP contribution in [0.2, 0.25) is 0 Å². The summed E-state index contributed by atoms with van der Waals surface area (Å²) in [6.07, 6.45) is 1.75. The van der Waals surface area contributed by atoms with E-state index in [1.807, 2.05) is 49.4 Å². The molecule has 0 aliphatic carbocycles. The number of ether oxygens (including phenoxy) is 2. The Labute approximate surface area is 111 Å². The molecule has 0 saturated carbocycles. The quantitative estimate of drug-likeness (QED) is 0.675. The molecule has 2 aromatic carbocycles. The molecule has 0 amide bonds. The first-order valence-corrected chi connectivity index (χ1v) is 6.07. The van der Waals surface area contributed by atoms with Crippen LogP contribution in [0, 0.1) is 6.92 Å². The van der Waals surface area contributed by atoms with E-state index in [1.54, 1.807) is 6.21 Å². The molecule has 4 nitrogen and oxygen atoms in total. The Bertz CT molecular complexity index is 623. The SMILES string of the molecule is Cc1cccc(NN=Cc2ccc3c(c2)OCO3)c1. The molecule has 0 atom stereocenters. The van der Waals surface area contributed by atoms with Crippen LogP contribution in [0.1, 0.15) is 11.1 Å². The molecular weight excluding hydrogens is 240 g/mol. The third-order valence-corrected chi connectivity index (χ3v) is 2.82. The van der Waals surface area contributed by atoms with Crippen LogP contribution in [-0.4, -0.2) is 13.0 Å². The molecule has 1 aliphatic heterocycles. The van der Waals surface area contributed by atoms with Crippen molar-refractivity contribution < 1.29 is 9.47 Å². The van der Waals surface area contributed by atoms with Gasteiger partial charge in [-0.3, -0.25) is 5.43 Å². The maximum absolute atomic E-state index is 5.32. The zero-order chi connectivity index (χ0) is 13.1. The molecule has 0 saturated heterocycles. The van der Waals surface area contributed by atoms with Crippen molar-refractivity contribution in [1.82, 2.24) is 0 Å². The molecule has 0 spiro atoms. The van der Waals surface area contributed by atoms with Crippen LogP contribution in [-0.2, 0) is 0 Å². The van der Waals surface area contributed by atoms with Gasteiger partial charge in [0, 0.05) is 0 Å². The van der Waals surface area contributed by atoms with Crippen LogP contribution in [0.25, 0.3) is 0 Å². The van der Waals surface area contributed by atoms with Gasteiger partial charge < -0.3 is 9.47 Å². The number of anilines is 1. The fourth-order valence-electron chi connectivity index (χ4n) is 1.89. The second-order valence-corrected chi connectivity index (χ2v) is 4.35. The van der Waals surface area contributed by atoms with Gasteiger partial charge in [0.1, 0.15) is 0 Å². The highest BCUT2D eigenvalue weighted by atomic mass is 16.7. The Morgan fingerprint density at radius 1 is 1.11 bits per heavy atom. The molecule has 96 valence electrons. The van der Waals surface area contributed by atoms with Crippen molar-refractivity contribution in [1.29, 1.82) is 0 Å². The van der Waals surface area contributed by atoms with Crippen molar-refractivity contribution in [2.24, 2.45) is 5.10 Å². The summed E-state index contributed by atoms with van der Waals surface area (Å²) in [4.78, 5) is 0. The van der Waals surface area contributed by atoms with Crippen LogP contribution in [0.4, 0.5) is 5.69 Å². The Kier molecular flexibility index (Phi) is 3.06. The fraction of sp³-hybridized carbons (Fsp3) is 0.133. The summed E-state index contributed by atoms with van der Waals surface area (Å²) in [7, 11) is 0. The number of benzene rings is 2. The van der Waals surface area contributed by atoms with Gasteiger partial charge in [-0.15, -0.1) is 0 Å². The van der Waals surface area contributed by atoms with E-state index in [-0.39, 0.29) is 6.79 Å². The summed E-state index contributed by atoms with van der Waals surface area (Å²) in [6, 6.07) is 13.8. The highest BCUT2D eigenvalue weighted by Gasteiger charge is 2.12. The highest BCUT2D eigenvalue weighted by Crippen LogP contribution is 2.31. The lowest BCUT2D eigenvalue weighted by Gasteiger charge is -2.01. The average molecular weight is 254 g/mol. The third kappa shape index (κ3) is 2.68. The molecule has 19 heavy (non-hydrogen) atoms. The van der Waals surface area contributed by atoms with Crippen LogP contribution in [0.3, 0.4) is 0 Å². The van der Waals surface area contributed by atoms with E-state index in [2.05, 4.69) is 10.5 Å². The number of hydrazone groups is 1. The Hall–Kier alpha value is -2.49. The Morgan fingerprint density at radius 3 is 2.89 bits per heavy atom. The maximum atomic E-state index is 5.32. The average Bonchev–Trinajstić information content (AvgIpc) is 2.86. The van der Waals surface area contributed by atoms with E-state index < -0.39 is 0 Å². The number of fused-ring (bicyclic) bond motifs is 1. The van der Waals surface area contributed by atoms with E-state index in [4.69, 9.17) is 9.47 Å². The van der Waals surface area contributed by atoms with Crippen molar-refractivity contribution in [3.63, 3.8) is 0 Å². The molecule has 0 bridgehead atoms. The minimum atomic E-state index is 0.289. The molecule has 0 radical (unpaired) electrons. The van der Waals surface area contributed by atoms with Gasteiger partial charge >= 0.3 is 0 Å². The lowest BCUT2D eigenvalue weighted by atomic mass is 10.2.